The van der Waals surface area contributed by atoms with E-state index in [1.54, 1.807) is 6.26 Å². The Kier molecular flexibility index (Phi) is 4.67. The number of fused-ring (bicyclic) bond motifs is 1. The molecule has 2 heterocycles. The predicted octanol–water partition coefficient (Wildman–Crippen LogP) is 4.70. The van der Waals surface area contributed by atoms with Crippen molar-refractivity contribution in [1.82, 2.24) is 15.3 Å². The molecule has 4 aromatic rings. The van der Waals surface area contributed by atoms with Crippen LogP contribution in [0, 0.1) is 6.92 Å². The van der Waals surface area contributed by atoms with Gasteiger partial charge in [-0.25, -0.2) is 9.97 Å². The van der Waals surface area contributed by atoms with Crippen molar-refractivity contribution >= 4 is 22.8 Å². The first-order chi connectivity index (χ1) is 14.7. The third-order valence-corrected chi connectivity index (χ3v) is 5.30. The predicted molar refractivity (Wildman–Crippen MR) is 116 cm³/mol. The second kappa shape index (κ2) is 7.63. The van der Waals surface area contributed by atoms with Crippen molar-refractivity contribution in [2.45, 2.75) is 32.4 Å². The lowest BCUT2D eigenvalue weighted by Crippen LogP contribution is -2.25. The molecule has 5 rings (SSSR count). The molecule has 0 unspecified atom stereocenters. The van der Waals surface area contributed by atoms with E-state index < -0.39 is 0 Å². The average Bonchev–Trinajstić information content (AvgIpc) is 3.42. The van der Waals surface area contributed by atoms with Gasteiger partial charge in [0.2, 0.25) is 5.95 Å². The topological polar surface area (TPSA) is 80.0 Å². The number of nitrogens with one attached hydrogen (secondary N) is 2. The van der Waals surface area contributed by atoms with Gasteiger partial charge in [-0.3, -0.25) is 4.79 Å². The van der Waals surface area contributed by atoms with Gasteiger partial charge in [-0.2, -0.15) is 0 Å². The molecule has 0 saturated heterocycles. The largest absolute Gasteiger partial charge is 0.467 e. The molecule has 0 atom stereocenters. The molecular weight excluding hydrogens is 376 g/mol. The summed E-state index contributed by atoms with van der Waals surface area (Å²) in [6, 6.07) is 16.0. The third-order valence-electron chi connectivity index (χ3n) is 5.30. The summed E-state index contributed by atoms with van der Waals surface area (Å²) in [4.78, 5) is 21.5. The van der Waals surface area contributed by atoms with Gasteiger partial charge in [-0.15, -0.1) is 0 Å². The smallest absolute Gasteiger partial charge is 0.251 e. The fraction of sp³-hybridized carbons (Fsp3) is 0.208. The Balaban J connectivity index is 1.40. The lowest BCUT2D eigenvalue weighted by Gasteiger charge is -2.11. The first-order valence-electron chi connectivity index (χ1n) is 10.1. The maximum atomic E-state index is 12.4. The SMILES string of the molecule is Cc1ccc(C(=O)NC2CC2)cc1-c1ccc2nc(NCc3ccco3)ncc2c1. The maximum Gasteiger partial charge on any atom is 0.251 e. The minimum Gasteiger partial charge on any atom is -0.467 e. The summed E-state index contributed by atoms with van der Waals surface area (Å²) in [6.07, 6.45) is 5.61. The van der Waals surface area contributed by atoms with Crippen molar-refractivity contribution < 1.29 is 9.21 Å². The molecule has 0 aliphatic heterocycles. The van der Waals surface area contributed by atoms with Crippen LogP contribution in [0.15, 0.2) is 65.4 Å². The summed E-state index contributed by atoms with van der Waals surface area (Å²) in [5.74, 6) is 1.38. The number of amides is 1. The Morgan fingerprint density at radius 2 is 2.07 bits per heavy atom. The van der Waals surface area contributed by atoms with Gasteiger partial charge >= 0.3 is 0 Å². The number of hydrogen-bond donors (Lipinski definition) is 2. The molecule has 150 valence electrons. The van der Waals surface area contributed by atoms with Crippen LogP contribution in [0.2, 0.25) is 0 Å². The highest BCUT2D eigenvalue weighted by Gasteiger charge is 2.24. The van der Waals surface area contributed by atoms with Gasteiger partial charge in [0.1, 0.15) is 5.76 Å². The van der Waals surface area contributed by atoms with Crippen LogP contribution in [-0.2, 0) is 6.54 Å². The van der Waals surface area contributed by atoms with Crippen LogP contribution in [0.4, 0.5) is 5.95 Å². The van der Waals surface area contributed by atoms with E-state index in [9.17, 15) is 4.79 Å². The molecular formula is C24H22N4O2. The summed E-state index contributed by atoms with van der Waals surface area (Å²) in [7, 11) is 0. The van der Waals surface area contributed by atoms with Gasteiger partial charge < -0.3 is 15.1 Å². The molecule has 1 amide bonds. The van der Waals surface area contributed by atoms with Crippen LogP contribution < -0.4 is 10.6 Å². The van der Waals surface area contributed by atoms with Crippen LogP contribution >= 0.6 is 0 Å². The van der Waals surface area contributed by atoms with Crippen LogP contribution in [0.5, 0.6) is 0 Å². The molecule has 0 bridgehead atoms. The van der Waals surface area contributed by atoms with Gasteiger partial charge in [0.25, 0.3) is 5.91 Å². The Bertz CT molecular complexity index is 1210. The van der Waals surface area contributed by atoms with Crippen molar-refractivity contribution in [1.29, 1.82) is 0 Å². The van der Waals surface area contributed by atoms with Crippen molar-refractivity contribution in [3.63, 3.8) is 0 Å². The van der Waals surface area contributed by atoms with Crippen LogP contribution in [0.3, 0.4) is 0 Å². The molecule has 6 nitrogen and oxygen atoms in total. The zero-order chi connectivity index (χ0) is 20.5. The summed E-state index contributed by atoms with van der Waals surface area (Å²) >= 11 is 0. The number of rotatable bonds is 6. The monoisotopic (exact) mass is 398 g/mol. The fourth-order valence-corrected chi connectivity index (χ4v) is 3.44. The summed E-state index contributed by atoms with van der Waals surface area (Å²) in [6.45, 7) is 2.59. The highest BCUT2D eigenvalue weighted by molar-refractivity contribution is 5.96. The van der Waals surface area contributed by atoms with Crippen LogP contribution in [0.25, 0.3) is 22.0 Å². The van der Waals surface area contributed by atoms with Gasteiger partial charge in [0.05, 0.1) is 18.3 Å². The number of carbonyl (C=O) groups excluding carboxylic acids is 1. The zero-order valence-corrected chi connectivity index (χ0v) is 16.7. The highest BCUT2D eigenvalue weighted by Crippen LogP contribution is 2.28. The molecule has 6 heteroatoms. The van der Waals surface area contributed by atoms with Gasteiger partial charge in [-0.1, -0.05) is 12.1 Å². The van der Waals surface area contributed by atoms with Crippen molar-refractivity contribution in [3.8, 4) is 11.1 Å². The second-order valence-corrected chi connectivity index (χ2v) is 7.68. The number of aromatic nitrogens is 2. The lowest BCUT2D eigenvalue weighted by molar-refractivity contribution is 0.0951. The van der Waals surface area contributed by atoms with Crippen molar-refractivity contribution in [2.75, 3.05) is 5.32 Å². The first-order valence-corrected chi connectivity index (χ1v) is 10.1. The van der Waals surface area contributed by atoms with Crippen molar-refractivity contribution in [3.05, 3.63) is 77.9 Å². The minimum atomic E-state index is -0.00449. The van der Waals surface area contributed by atoms with E-state index >= 15 is 0 Å². The van der Waals surface area contributed by atoms with Crippen LogP contribution in [-0.4, -0.2) is 21.9 Å². The number of benzene rings is 2. The highest BCUT2D eigenvalue weighted by atomic mass is 16.3. The molecule has 1 fully saturated rings. The summed E-state index contributed by atoms with van der Waals surface area (Å²) in [5, 5.41) is 7.18. The molecule has 30 heavy (non-hydrogen) atoms. The molecule has 2 N–H and O–H groups in total. The standard InChI is InChI=1S/C24H22N4O2/c1-15-4-5-17(23(29)27-19-7-8-19)12-21(15)16-6-9-22-18(11-16)13-25-24(28-22)26-14-20-3-2-10-30-20/h2-6,9-13,19H,7-8,14H2,1H3,(H,27,29)(H,25,26,28). The van der Waals surface area contributed by atoms with Gasteiger partial charge in [-0.05, 0) is 72.9 Å². The van der Waals surface area contributed by atoms with E-state index in [4.69, 9.17) is 4.42 Å². The molecule has 1 aliphatic rings. The Labute approximate surface area is 174 Å². The normalized spacial score (nSPS) is 13.4. The van der Waals surface area contributed by atoms with E-state index in [1.165, 1.54) is 0 Å². The Hall–Kier alpha value is -3.67. The summed E-state index contributed by atoms with van der Waals surface area (Å²) in [5.41, 5.74) is 4.75. The number of hydrogen-bond acceptors (Lipinski definition) is 5. The number of carbonyl (C=O) groups is 1. The van der Waals surface area contributed by atoms with Gasteiger partial charge in [0, 0.05) is 23.2 Å². The number of aryl methyl sites for hydroxylation is 1. The molecule has 1 aliphatic carbocycles. The first kappa shape index (κ1) is 18.4. The van der Waals surface area contributed by atoms with Crippen LogP contribution in [0.1, 0.15) is 34.5 Å². The quantitative estimate of drug-likeness (QED) is 0.492. The lowest BCUT2D eigenvalue weighted by atomic mass is 9.97. The average molecular weight is 398 g/mol. The zero-order valence-electron chi connectivity index (χ0n) is 16.7. The molecule has 0 radical (unpaired) electrons. The Morgan fingerprint density at radius 3 is 2.87 bits per heavy atom. The maximum absolute atomic E-state index is 12.4. The van der Waals surface area contributed by atoms with Crippen molar-refractivity contribution in [2.24, 2.45) is 0 Å². The minimum absolute atomic E-state index is 0.00449. The number of anilines is 1. The number of furan rings is 1. The fourth-order valence-electron chi connectivity index (χ4n) is 3.44. The summed E-state index contributed by atoms with van der Waals surface area (Å²) < 4.78 is 5.32. The molecule has 2 aromatic heterocycles. The Morgan fingerprint density at radius 1 is 1.17 bits per heavy atom. The van der Waals surface area contributed by atoms with Gasteiger partial charge in [0.15, 0.2) is 0 Å². The van der Waals surface area contributed by atoms with E-state index in [0.717, 1.165) is 46.2 Å². The molecule has 1 saturated carbocycles. The molecule has 2 aromatic carbocycles. The van der Waals surface area contributed by atoms with E-state index in [1.807, 2.05) is 48.7 Å². The van der Waals surface area contributed by atoms with E-state index in [-0.39, 0.29) is 5.91 Å². The third kappa shape index (κ3) is 3.89. The van der Waals surface area contributed by atoms with E-state index in [2.05, 4.69) is 33.6 Å². The molecule has 0 spiro atoms. The van der Waals surface area contributed by atoms with E-state index in [0.29, 0.717) is 24.1 Å². The second-order valence-electron chi connectivity index (χ2n) is 7.68. The number of nitrogens with zero attached hydrogens (tertiary/aromatic N) is 2.